The first kappa shape index (κ1) is 13.7. The van der Waals surface area contributed by atoms with Crippen molar-refractivity contribution in [3.8, 4) is 0 Å². The van der Waals surface area contributed by atoms with Crippen LogP contribution in [0.1, 0.15) is 17.8 Å². The Bertz CT molecular complexity index is 633. The molecular formula is C11H11F3N4S. The van der Waals surface area contributed by atoms with E-state index in [1.165, 1.54) is 6.20 Å². The third-order valence-electron chi connectivity index (χ3n) is 2.56. The molecule has 0 aliphatic heterocycles. The Morgan fingerprint density at radius 2 is 2.16 bits per heavy atom. The maximum atomic E-state index is 12.9. The summed E-state index contributed by atoms with van der Waals surface area (Å²) in [5.74, 6) is -0.975. The molecule has 2 aromatic rings. The molecule has 4 nitrogen and oxygen atoms in total. The zero-order valence-corrected chi connectivity index (χ0v) is 10.8. The van der Waals surface area contributed by atoms with Crippen molar-refractivity contribution < 1.29 is 13.2 Å². The predicted octanol–water partition coefficient (Wildman–Crippen LogP) is 2.43. The van der Waals surface area contributed by atoms with Crippen LogP contribution in [-0.2, 0) is 12.7 Å². The van der Waals surface area contributed by atoms with Crippen LogP contribution in [0.3, 0.4) is 0 Å². The lowest BCUT2D eigenvalue weighted by Gasteiger charge is -2.10. The average Bonchev–Trinajstić information content (AvgIpc) is 2.63. The van der Waals surface area contributed by atoms with Crippen LogP contribution in [0.5, 0.6) is 0 Å². The number of thiocarbonyl (C=S) groups is 1. The third-order valence-corrected chi connectivity index (χ3v) is 2.76. The minimum atomic E-state index is -4.54. The van der Waals surface area contributed by atoms with Crippen LogP contribution in [0, 0.1) is 6.92 Å². The Labute approximate surface area is 112 Å². The van der Waals surface area contributed by atoms with E-state index >= 15 is 0 Å². The first-order valence-corrected chi connectivity index (χ1v) is 5.88. The highest BCUT2D eigenvalue weighted by molar-refractivity contribution is 7.80. The summed E-state index contributed by atoms with van der Waals surface area (Å²) in [6.45, 7) is 1.75. The van der Waals surface area contributed by atoms with E-state index in [4.69, 9.17) is 18.0 Å². The van der Waals surface area contributed by atoms with E-state index in [-0.39, 0.29) is 29.1 Å². The number of rotatable bonds is 3. The first-order valence-electron chi connectivity index (χ1n) is 5.47. The average molecular weight is 288 g/mol. The zero-order chi connectivity index (χ0) is 14.2. The van der Waals surface area contributed by atoms with Crippen molar-refractivity contribution in [2.75, 3.05) is 0 Å². The SMILES string of the molecule is Cc1cnc2c(c1)nc(C(F)(F)F)n2CCC(N)=S. The number of hydrogen-bond acceptors (Lipinski definition) is 3. The van der Waals surface area contributed by atoms with E-state index in [2.05, 4.69) is 9.97 Å². The van der Waals surface area contributed by atoms with E-state index in [9.17, 15) is 13.2 Å². The molecule has 0 amide bonds. The minimum absolute atomic E-state index is 0.0107. The van der Waals surface area contributed by atoms with Gasteiger partial charge in [0.15, 0.2) is 5.65 Å². The summed E-state index contributed by atoms with van der Waals surface area (Å²) in [5, 5.41) is 0. The van der Waals surface area contributed by atoms with Gasteiger partial charge in [0.2, 0.25) is 5.82 Å². The smallest absolute Gasteiger partial charge is 0.393 e. The highest BCUT2D eigenvalue weighted by atomic mass is 32.1. The molecule has 0 radical (unpaired) electrons. The van der Waals surface area contributed by atoms with Crippen LogP contribution in [0.25, 0.3) is 11.2 Å². The number of alkyl halides is 3. The van der Waals surface area contributed by atoms with Gasteiger partial charge in [0.1, 0.15) is 5.52 Å². The summed E-state index contributed by atoms with van der Waals surface area (Å²) in [7, 11) is 0. The van der Waals surface area contributed by atoms with E-state index in [0.29, 0.717) is 0 Å². The number of nitrogens with two attached hydrogens (primary N) is 1. The standard InChI is InChI=1S/C11H11F3N4S/c1-6-4-7-9(16-5-6)18(3-2-8(15)19)10(17-7)11(12,13)14/h4-5H,2-3H2,1H3,(H2,15,19). The van der Waals surface area contributed by atoms with Gasteiger partial charge in [-0.1, -0.05) is 12.2 Å². The molecule has 0 aliphatic carbocycles. The number of aromatic nitrogens is 3. The Morgan fingerprint density at radius 1 is 1.47 bits per heavy atom. The number of halogens is 3. The Morgan fingerprint density at radius 3 is 2.74 bits per heavy atom. The van der Waals surface area contributed by atoms with Crippen LogP contribution in [0.2, 0.25) is 0 Å². The lowest BCUT2D eigenvalue weighted by molar-refractivity contribution is -0.146. The molecule has 0 fully saturated rings. The van der Waals surface area contributed by atoms with Gasteiger partial charge in [0.25, 0.3) is 0 Å². The quantitative estimate of drug-likeness (QED) is 0.881. The molecular weight excluding hydrogens is 277 g/mol. The molecule has 0 aromatic carbocycles. The highest BCUT2D eigenvalue weighted by Gasteiger charge is 2.37. The summed E-state index contributed by atoms with van der Waals surface area (Å²) in [6, 6.07) is 1.56. The van der Waals surface area contributed by atoms with Crippen molar-refractivity contribution in [2.24, 2.45) is 5.73 Å². The van der Waals surface area contributed by atoms with Crippen molar-refractivity contribution in [1.29, 1.82) is 0 Å². The van der Waals surface area contributed by atoms with Crippen molar-refractivity contribution in [3.05, 3.63) is 23.7 Å². The molecule has 102 valence electrons. The molecule has 2 heterocycles. The van der Waals surface area contributed by atoms with Crippen molar-refractivity contribution >= 4 is 28.4 Å². The number of aryl methyl sites for hydroxylation is 2. The topological polar surface area (TPSA) is 56.7 Å². The number of hydrogen-bond donors (Lipinski definition) is 1. The molecule has 19 heavy (non-hydrogen) atoms. The van der Waals surface area contributed by atoms with Gasteiger partial charge in [-0.2, -0.15) is 13.2 Å². The Balaban J connectivity index is 2.58. The molecule has 0 saturated carbocycles. The maximum Gasteiger partial charge on any atom is 0.449 e. The summed E-state index contributed by atoms with van der Waals surface area (Å²) in [5.41, 5.74) is 6.49. The normalized spacial score (nSPS) is 12.0. The molecule has 0 aliphatic rings. The monoisotopic (exact) mass is 288 g/mol. The van der Waals surface area contributed by atoms with Crippen LogP contribution < -0.4 is 5.73 Å². The Kier molecular flexibility index (Phi) is 3.44. The number of imidazole rings is 1. The first-order chi connectivity index (χ1) is 8.79. The molecule has 2 aromatic heterocycles. The van der Waals surface area contributed by atoms with Gasteiger partial charge in [-0.15, -0.1) is 0 Å². The third kappa shape index (κ3) is 2.83. The van der Waals surface area contributed by atoms with Gasteiger partial charge in [-0.25, -0.2) is 9.97 Å². The fourth-order valence-electron chi connectivity index (χ4n) is 1.76. The van der Waals surface area contributed by atoms with E-state index < -0.39 is 12.0 Å². The second-order valence-electron chi connectivity index (χ2n) is 4.16. The van der Waals surface area contributed by atoms with Crippen LogP contribution in [0.4, 0.5) is 13.2 Å². The number of nitrogens with zero attached hydrogens (tertiary/aromatic N) is 3. The Hall–Kier alpha value is -1.70. The van der Waals surface area contributed by atoms with Crippen LogP contribution in [0.15, 0.2) is 12.3 Å². The van der Waals surface area contributed by atoms with Gasteiger partial charge in [-0.3, -0.25) is 0 Å². The molecule has 0 unspecified atom stereocenters. The minimum Gasteiger partial charge on any atom is -0.393 e. The molecule has 8 heteroatoms. The number of fused-ring (bicyclic) bond motifs is 1. The lowest BCUT2D eigenvalue weighted by atomic mass is 10.3. The molecule has 0 saturated heterocycles. The van der Waals surface area contributed by atoms with E-state index in [0.717, 1.165) is 10.1 Å². The second-order valence-corrected chi connectivity index (χ2v) is 4.68. The molecule has 2 N–H and O–H groups in total. The summed E-state index contributed by atoms with van der Waals surface area (Å²) < 4.78 is 39.8. The fraction of sp³-hybridized carbons (Fsp3) is 0.364. The maximum absolute atomic E-state index is 12.9. The van der Waals surface area contributed by atoms with E-state index in [1.54, 1.807) is 13.0 Å². The molecule has 0 spiro atoms. The second kappa shape index (κ2) is 4.76. The highest BCUT2D eigenvalue weighted by Crippen LogP contribution is 2.31. The van der Waals surface area contributed by atoms with Gasteiger partial charge in [-0.05, 0) is 18.6 Å². The summed E-state index contributed by atoms with van der Waals surface area (Å²) >= 11 is 4.69. The van der Waals surface area contributed by atoms with Crippen molar-refractivity contribution in [1.82, 2.24) is 14.5 Å². The molecule has 2 rings (SSSR count). The number of pyridine rings is 1. The van der Waals surface area contributed by atoms with Gasteiger partial charge >= 0.3 is 6.18 Å². The van der Waals surface area contributed by atoms with Crippen LogP contribution >= 0.6 is 12.2 Å². The predicted molar refractivity (Wildman–Crippen MR) is 68.7 cm³/mol. The zero-order valence-electron chi connectivity index (χ0n) is 10.0. The van der Waals surface area contributed by atoms with Gasteiger partial charge in [0.05, 0.1) is 4.99 Å². The lowest BCUT2D eigenvalue weighted by Crippen LogP contribution is -2.18. The molecule has 0 bridgehead atoms. The van der Waals surface area contributed by atoms with Gasteiger partial charge in [0, 0.05) is 19.2 Å². The molecule has 0 atom stereocenters. The largest absolute Gasteiger partial charge is 0.449 e. The fourth-order valence-corrected chi connectivity index (χ4v) is 1.85. The van der Waals surface area contributed by atoms with E-state index in [1.807, 2.05) is 0 Å². The summed E-state index contributed by atoms with van der Waals surface area (Å²) in [4.78, 5) is 7.78. The van der Waals surface area contributed by atoms with Crippen molar-refractivity contribution in [2.45, 2.75) is 26.1 Å². The summed E-state index contributed by atoms with van der Waals surface area (Å²) in [6.07, 6.45) is -2.87. The van der Waals surface area contributed by atoms with Crippen molar-refractivity contribution in [3.63, 3.8) is 0 Å². The van der Waals surface area contributed by atoms with Crippen LogP contribution in [-0.4, -0.2) is 19.5 Å². The van der Waals surface area contributed by atoms with Gasteiger partial charge < -0.3 is 10.3 Å².